The second-order valence-corrected chi connectivity index (χ2v) is 12.0. The molecule has 0 nitrogen and oxygen atoms in total. The van der Waals surface area contributed by atoms with E-state index in [-0.39, 0.29) is 12.8 Å². The van der Waals surface area contributed by atoms with E-state index in [0.717, 1.165) is 19.3 Å². The number of fused-ring (bicyclic) bond motifs is 3. The fourth-order valence-corrected chi connectivity index (χ4v) is 7.66. The second kappa shape index (κ2) is 12.2. The lowest BCUT2D eigenvalue weighted by Crippen LogP contribution is -2.30. The molecule has 0 spiro atoms. The molecule has 234 valence electrons. The van der Waals surface area contributed by atoms with Gasteiger partial charge in [-0.15, -0.1) is 0 Å². The highest BCUT2D eigenvalue weighted by atomic mass is 31.1. The summed E-state index contributed by atoms with van der Waals surface area (Å²) >= 11 is 0. The summed E-state index contributed by atoms with van der Waals surface area (Å²) in [5.41, 5.74) is -8.76. The molecule has 0 aromatic heterocycles. The molecule has 0 saturated heterocycles. The Balaban J connectivity index is 1.97. The molecule has 3 aromatic carbocycles. The average Bonchev–Trinajstić information content (AvgIpc) is 3.22. The Morgan fingerprint density at radius 2 is 0.767 bits per heavy atom. The van der Waals surface area contributed by atoms with E-state index < -0.39 is 123 Å². The summed E-state index contributed by atoms with van der Waals surface area (Å²) in [5, 5.41) is -3.67. The lowest BCUT2D eigenvalue weighted by Gasteiger charge is -2.24. The van der Waals surface area contributed by atoms with Crippen molar-refractivity contribution < 1.29 is 61.5 Å². The number of hydrogen-bond donors (Lipinski definition) is 0. The van der Waals surface area contributed by atoms with E-state index in [0.29, 0.717) is 12.8 Å². The molecule has 4 rings (SSSR count). The predicted octanol–water partition coefficient (Wildman–Crippen LogP) is 9.66. The van der Waals surface area contributed by atoms with Crippen LogP contribution in [-0.2, 0) is 5.92 Å². The molecule has 0 amide bonds. The van der Waals surface area contributed by atoms with Crippen molar-refractivity contribution in [1.29, 1.82) is 0 Å². The van der Waals surface area contributed by atoms with Gasteiger partial charge in [-0.2, -0.15) is 8.78 Å². The third kappa shape index (κ3) is 5.17. The number of unbranched alkanes of at least 4 members (excludes halogenated alkanes) is 6. The molecule has 0 N–H and O–H groups in total. The first-order chi connectivity index (χ1) is 20.1. The van der Waals surface area contributed by atoms with Gasteiger partial charge in [0.25, 0.3) is 0 Å². The summed E-state index contributed by atoms with van der Waals surface area (Å²) in [7, 11) is -3.53. The zero-order valence-electron chi connectivity index (χ0n) is 21.9. The van der Waals surface area contributed by atoms with E-state index in [1.54, 1.807) is 0 Å². The molecule has 15 heteroatoms. The van der Waals surface area contributed by atoms with Crippen molar-refractivity contribution >= 4 is 18.5 Å². The molecular formula is C28H19F14P. The number of rotatable bonds is 10. The molecule has 0 bridgehead atoms. The number of halogens is 14. The van der Waals surface area contributed by atoms with Gasteiger partial charge in [0.1, 0.15) is 5.82 Å². The highest BCUT2D eigenvalue weighted by Gasteiger charge is 2.55. The van der Waals surface area contributed by atoms with Crippen LogP contribution >= 0.6 is 7.92 Å². The monoisotopic (exact) mass is 652 g/mol. The van der Waals surface area contributed by atoms with E-state index in [1.165, 1.54) is 0 Å². The highest BCUT2D eigenvalue weighted by molar-refractivity contribution is 7.73. The first-order valence-corrected chi connectivity index (χ1v) is 14.4. The molecule has 1 aliphatic carbocycles. The van der Waals surface area contributed by atoms with Crippen LogP contribution in [0.25, 0.3) is 11.1 Å². The van der Waals surface area contributed by atoms with Gasteiger partial charge in [0.2, 0.25) is 5.82 Å². The van der Waals surface area contributed by atoms with Crippen LogP contribution in [0.1, 0.15) is 63.0 Å². The van der Waals surface area contributed by atoms with Gasteiger partial charge in [-0.25, -0.2) is 52.7 Å². The van der Waals surface area contributed by atoms with E-state index in [9.17, 15) is 39.5 Å². The van der Waals surface area contributed by atoms with Gasteiger partial charge in [0.15, 0.2) is 58.2 Å². The van der Waals surface area contributed by atoms with Crippen LogP contribution in [-0.4, -0.2) is 6.16 Å². The third-order valence-electron chi connectivity index (χ3n) is 7.15. The Labute approximate surface area is 236 Å². The number of alkyl halides is 2. The summed E-state index contributed by atoms with van der Waals surface area (Å²) in [5.74, 6) is -36.4. The van der Waals surface area contributed by atoms with Crippen LogP contribution in [0.5, 0.6) is 0 Å². The third-order valence-corrected chi connectivity index (χ3v) is 9.78. The largest absolute Gasteiger partial charge is 0.305 e. The summed E-state index contributed by atoms with van der Waals surface area (Å²) < 4.78 is 206. The van der Waals surface area contributed by atoms with Crippen molar-refractivity contribution in [3.8, 4) is 11.1 Å². The Bertz CT molecular complexity index is 1570. The maximum atomic E-state index is 15.9. The van der Waals surface area contributed by atoms with E-state index in [1.807, 2.05) is 6.92 Å². The van der Waals surface area contributed by atoms with Crippen LogP contribution < -0.4 is 10.6 Å². The van der Waals surface area contributed by atoms with Crippen LogP contribution in [0.15, 0.2) is 0 Å². The fraction of sp³-hybridized carbons (Fsp3) is 0.357. The van der Waals surface area contributed by atoms with Crippen molar-refractivity contribution in [3.05, 3.63) is 80.9 Å². The summed E-state index contributed by atoms with van der Waals surface area (Å²) in [6.45, 7) is 1.92. The van der Waals surface area contributed by atoms with Gasteiger partial charge >= 0.3 is 5.92 Å². The summed E-state index contributed by atoms with van der Waals surface area (Å²) in [6, 6.07) is 0. The minimum absolute atomic E-state index is 0.186. The smallest absolute Gasteiger partial charge is 0.206 e. The molecule has 3 aromatic rings. The minimum atomic E-state index is -5.20. The zero-order valence-corrected chi connectivity index (χ0v) is 22.8. The standard InChI is InChI=1S/C28H19F14P/c1-2-3-4-5-6-7-8-9-43(27-24(39)21(36)20(35)22(37)25(27)40)26-17(32)13-11(15(30)23(26)38)10-12(28(13,41)42)16(31)19(34)18(33)14(10)29/h2-9H2,1H3. The minimum Gasteiger partial charge on any atom is -0.206 e. The average molecular weight is 652 g/mol. The van der Waals surface area contributed by atoms with E-state index in [2.05, 4.69) is 0 Å². The van der Waals surface area contributed by atoms with Crippen molar-refractivity contribution in [3.63, 3.8) is 0 Å². The van der Waals surface area contributed by atoms with Gasteiger partial charge in [-0.3, -0.25) is 0 Å². The number of benzene rings is 3. The lowest BCUT2D eigenvalue weighted by molar-refractivity contribution is 0.0392. The van der Waals surface area contributed by atoms with E-state index in [4.69, 9.17) is 0 Å². The van der Waals surface area contributed by atoms with Crippen molar-refractivity contribution in [2.45, 2.75) is 57.8 Å². The Kier molecular flexibility index (Phi) is 9.40. The normalized spacial score (nSPS) is 14.3. The first-order valence-electron chi connectivity index (χ1n) is 12.9. The van der Waals surface area contributed by atoms with Crippen LogP contribution in [0.2, 0.25) is 0 Å². The molecule has 0 radical (unpaired) electrons. The maximum absolute atomic E-state index is 15.9. The van der Waals surface area contributed by atoms with Crippen molar-refractivity contribution in [1.82, 2.24) is 0 Å². The van der Waals surface area contributed by atoms with Crippen molar-refractivity contribution in [2.24, 2.45) is 0 Å². The summed E-state index contributed by atoms with van der Waals surface area (Å²) in [6.07, 6.45) is 2.77. The molecule has 0 aliphatic heterocycles. The molecule has 1 atom stereocenters. The molecule has 0 saturated carbocycles. The lowest BCUT2D eigenvalue weighted by atomic mass is 10.0. The molecule has 0 fully saturated rings. The topological polar surface area (TPSA) is 0 Å². The zero-order chi connectivity index (χ0) is 32.1. The number of hydrogen-bond acceptors (Lipinski definition) is 0. The van der Waals surface area contributed by atoms with Crippen molar-refractivity contribution in [2.75, 3.05) is 6.16 Å². The molecule has 43 heavy (non-hydrogen) atoms. The molecular weight excluding hydrogens is 633 g/mol. The predicted molar refractivity (Wildman–Crippen MR) is 130 cm³/mol. The molecule has 0 heterocycles. The van der Waals surface area contributed by atoms with Crippen LogP contribution in [0.3, 0.4) is 0 Å². The highest BCUT2D eigenvalue weighted by Crippen LogP contribution is 2.57. The first kappa shape index (κ1) is 33.0. The summed E-state index contributed by atoms with van der Waals surface area (Å²) in [4.78, 5) is 0. The molecule has 1 unspecified atom stereocenters. The Hall–Kier alpha value is -2.89. The Morgan fingerprint density at radius 3 is 1.30 bits per heavy atom. The maximum Gasteiger partial charge on any atom is 0.305 e. The van der Waals surface area contributed by atoms with Gasteiger partial charge in [0.05, 0.1) is 21.7 Å². The van der Waals surface area contributed by atoms with Crippen LogP contribution in [0.4, 0.5) is 61.5 Å². The van der Waals surface area contributed by atoms with Gasteiger partial charge < -0.3 is 0 Å². The van der Waals surface area contributed by atoms with Gasteiger partial charge in [-0.1, -0.05) is 45.4 Å². The van der Waals surface area contributed by atoms with E-state index >= 15 is 22.0 Å². The molecule has 1 aliphatic rings. The fourth-order valence-electron chi connectivity index (χ4n) is 5.09. The Morgan fingerprint density at radius 1 is 0.419 bits per heavy atom. The van der Waals surface area contributed by atoms with Crippen LogP contribution in [0, 0.1) is 69.8 Å². The van der Waals surface area contributed by atoms with Gasteiger partial charge in [0, 0.05) is 11.1 Å². The second-order valence-electron chi connectivity index (χ2n) is 9.81. The SMILES string of the molecule is CCCCCCCCCP(c1c(F)c(F)c(F)c(F)c1F)c1c(F)c(F)c2c(c1F)C(F)(F)c1c(F)c(F)c(F)c(F)c1-2. The quantitative estimate of drug-likeness (QED) is 0.0673. The van der Waals surface area contributed by atoms with Gasteiger partial charge in [-0.05, 0) is 20.5 Å².